The van der Waals surface area contributed by atoms with Crippen molar-refractivity contribution in [2.45, 2.75) is 74.0 Å². The Hall–Kier alpha value is -4.62. The minimum Gasteiger partial charge on any atom is -0.497 e. The van der Waals surface area contributed by atoms with Crippen LogP contribution >= 0.6 is 0 Å². The zero-order valence-corrected chi connectivity index (χ0v) is 30.2. The van der Waals surface area contributed by atoms with Crippen LogP contribution < -0.4 is 18.9 Å². The van der Waals surface area contributed by atoms with Crippen molar-refractivity contribution in [2.24, 2.45) is 16.7 Å². The van der Waals surface area contributed by atoms with Gasteiger partial charge in [-0.25, -0.2) is 0 Å². The summed E-state index contributed by atoms with van der Waals surface area (Å²) in [5.74, 6) is -7.49. The molecular formula is C37H44O13. The maximum atomic E-state index is 14.6. The molecule has 1 unspecified atom stereocenters. The maximum absolute atomic E-state index is 14.6. The van der Waals surface area contributed by atoms with Gasteiger partial charge in [0.2, 0.25) is 5.78 Å². The molecule has 4 rings (SSSR count). The molecule has 13 heteroatoms. The number of ether oxygens (including phenoxy) is 7. The van der Waals surface area contributed by atoms with Crippen molar-refractivity contribution in [3.8, 4) is 23.0 Å². The molecule has 1 heterocycles. The van der Waals surface area contributed by atoms with Crippen LogP contribution in [0.5, 0.6) is 23.0 Å². The highest BCUT2D eigenvalue weighted by molar-refractivity contribution is 6.31. The smallest absolute Gasteiger partial charge is 0.316 e. The molecule has 13 nitrogen and oxygen atoms in total. The van der Waals surface area contributed by atoms with Gasteiger partial charge in [0.1, 0.15) is 28.9 Å². The molecule has 2 aromatic carbocycles. The highest BCUT2D eigenvalue weighted by Crippen LogP contribution is 2.46. The predicted octanol–water partition coefficient (Wildman–Crippen LogP) is 4.83. The molecule has 1 fully saturated rings. The molecule has 50 heavy (non-hydrogen) atoms. The van der Waals surface area contributed by atoms with Crippen molar-refractivity contribution >= 4 is 35.3 Å². The Morgan fingerprint density at radius 2 is 1.38 bits per heavy atom. The zero-order valence-electron chi connectivity index (χ0n) is 30.2. The van der Waals surface area contributed by atoms with Crippen molar-refractivity contribution in [2.75, 3.05) is 34.0 Å². The molecule has 1 saturated heterocycles. The SMILES string of the molecule is CCOc1c(CC(C(=O)CC2(C)OCCO2)C(=O)OC)c(OC(=O)C(C)(C)C)cc2c1C(=O)c1c(OC(=O)C(C)(C)C)cc(OC)cc1C2=O. The van der Waals surface area contributed by atoms with E-state index in [1.54, 1.807) is 55.4 Å². The molecule has 0 N–H and O–H groups in total. The van der Waals surface area contributed by atoms with E-state index in [0.717, 1.165) is 7.11 Å². The number of Topliss-reactive ketones (excluding diaryl/α,β-unsaturated/α-hetero) is 1. The van der Waals surface area contributed by atoms with E-state index in [9.17, 15) is 28.8 Å². The molecule has 2 aromatic rings. The third-order valence-corrected chi connectivity index (χ3v) is 8.19. The minimum absolute atomic E-state index is 0.00305. The number of fused-ring (bicyclic) bond motifs is 2. The lowest BCUT2D eigenvalue weighted by molar-refractivity contribution is -0.165. The molecule has 0 aromatic heterocycles. The highest BCUT2D eigenvalue weighted by atomic mass is 16.7. The molecule has 0 saturated carbocycles. The maximum Gasteiger partial charge on any atom is 0.316 e. The summed E-state index contributed by atoms with van der Waals surface area (Å²) in [4.78, 5) is 82.1. The lowest BCUT2D eigenvalue weighted by atomic mass is 9.80. The van der Waals surface area contributed by atoms with Gasteiger partial charge >= 0.3 is 17.9 Å². The largest absolute Gasteiger partial charge is 0.497 e. The number of esters is 3. The van der Waals surface area contributed by atoms with E-state index < -0.39 is 64.2 Å². The lowest BCUT2D eigenvalue weighted by Crippen LogP contribution is -2.36. The van der Waals surface area contributed by atoms with E-state index in [1.165, 1.54) is 25.3 Å². The van der Waals surface area contributed by atoms with Gasteiger partial charge in [-0.15, -0.1) is 0 Å². The van der Waals surface area contributed by atoms with E-state index >= 15 is 0 Å². The second-order valence-electron chi connectivity index (χ2n) is 14.3. The molecule has 1 aliphatic heterocycles. The van der Waals surface area contributed by atoms with Crippen LogP contribution in [-0.2, 0) is 39.8 Å². The first-order valence-corrected chi connectivity index (χ1v) is 16.2. The van der Waals surface area contributed by atoms with Gasteiger partial charge in [0, 0.05) is 29.2 Å². The third-order valence-electron chi connectivity index (χ3n) is 8.19. The fraction of sp³-hybridized carbons (Fsp3) is 0.514. The second kappa shape index (κ2) is 14.3. The van der Waals surface area contributed by atoms with Crippen LogP contribution in [-0.4, -0.2) is 75.1 Å². The Balaban J connectivity index is 1.99. The average molecular weight is 697 g/mol. The van der Waals surface area contributed by atoms with E-state index in [4.69, 9.17) is 33.2 Å². The molecule has 2 aliphatic rings. The Kier molecular flexibility index (Phi) is 10.9. The van der Waals surface area contributed by atoms with E-state index in [1.807, 2.05) is 0 Å². The Labute approximate surface area is 290 Å². The van der Waals surface area contributed by atoms with E-state index in [0.29, 0.717) is 0 Å². The topological polar surface area (TPSA) is 167 Å². The fourth-order valence-corrected chi connectivity index (χ4v) is 5.42. The quantitative estimate of drug-likeness (QED) is 0.152. The van der Waals surface area contributed by atoms with Crippen LogP contribution in [0, 0.1) is 16.7 Å². The predicted molar refractivity (Wildman–Crippen MR) is 177 cm³/mol. The summed E-state index contributed by atoms with van der Waals surface area (Å²) in [7, 11) is 2.48. The van der Waals surface area contributed by atoms with Gasteiger partial charge in [0.05, 0.1) is 62.4 Å². The van der Waals surface area contributed by atoms with Gasteiger partial charge in [-0.1, -0.05) is 0 Å². The first-order valence-electron chi connectivity index (χ1n) is 16.2. The Morgan fingerprint density at radius 3 is 1.90 bits per heavy atom. The van der Waals surface area contributed by atoms with Crippen molar-refractivity contribution in [1.82, 2.24) is 0 Å². The second-order valence-corrected chi connectivity index (χ2v) is 14.3. The van der Waals surface area contributed by atoms with Gasteiger partial charge in [-0.2, -0.15) is 0 Å². The van der Waals surface area contributed by atoms with Crippen molar-refractivity contribution in [3.63, 3.8) is 0 Å². The summed E-state index contributed by atoms with van der Waals surface area (Å²) in [6, 6.07) is 3.91. The van der Waals surface area contributed by atoms with Gasteiger partial charge in [0.25, 0.3) is 0 Å². The number of hydrogen-bond donors (Lipinski definition) is 0. The molecule has 1 aliphatic carbocycles. The molecule has 0 radical (unpaired) electrons. The van der Waals surface area contributed by atoms with Crippen LogP contribution in [0.3, 0.4) is 0 Å². The monoisotopic (exact) mass is 696 g/mol. The number of rotatable bonds is 11. The van der Waals surface area contributed by atoms with E-state index in [-0.39, 0.29) is 77.1 Å². The van der Waals surface area contributed by atoms with Crippen LogP contribution in [0.1, 0.15) is 99.2 Å². The fourth-order valence-electron chi connectivity index (χ4n) is 5.42. The van der Waals surface area contributed by atoms with Gasteiger partial charge < -0.3 is 33.2 Å². The van der Waals surface area contributed by atoms with Crippen LogP contribution in [0.15, 0.2) is 18.2 Å². The summed E-state index contributed by atoms with van der Waals surface area (Å²) >= 11 is 0. The van der Waals surface area contributed by atoms with Crippen molar-refractivity contribution in [3.05, 3.63) is 46.0 Å². The van der Waals surface area contributed by atoms with Gasteiger partial charge in [0.15, 0.2) is 17.4 Å². The van der Waals surface area contributed by atoms with Crippen molar-refractivity contribution < 1.29 is 61.9 Å². The number of benzene rings is 2. The van der Waals surface area contributed by atoms with Crippen molar-refractivity contribution in [1.29, 1.82) is 0 Å². The van der Waals surface area contributed by atoms with Gasteiger partial charge in [-0.05, 0) is 67.5 Å². The number of ketones is 3. The Morgan fingerprint density at radius 1 is 0.820 bits per heavy atom. The molecule has 0 amide bonds. The molecule has 0 bridgehead atoms. The summed E-state index contributed by atoms with van der Waals surface area (Å²) in [6.45, 7) is 13.5. The van der Waals surface area contributed by atoms with Crippen LogP contribution in [0.2, 0.25) is 0 Å². The number of hydrogen-bond acceptors (Lipinski definition) is 13. The molecule has 270 valence electrons. The number of carbonyl (C=O) groups is 6. The first kappa shape index (κ1) is 38.2. The standard InChI is InChI=1S/C37H44O13/c1-11-46-31-21(16-20(32(41)45-10)24(38)18-37(8)47-12-13-48-37)25(49-33(42)35(2,3)4)17-23-28(31)30(40)27-22(29(23)39)14-19(44-9)15-26(27)50-34(43)36(5,6)7/h14-15,17,20H,11-13,16,18H2,1-10H3. The highest BCUT2D eigenvalue weighted by Gasteiger charge is 2.43. The molecular weight excluding hydrogens is 652 g/mol. The Bertz CT molecular complexity index is 1730. The van der Waals surface area contributed by atoms with Crippen LogP contribution in [0.25, 0.3) is 0 Å². The van der Waals surface area contributed by atoms with Gasteiger partial charge in [-0.3, -0.25) is 28.8 Å². The first-order chi connectivity index (χ1) is 23.3. The number of methoxy groups -OCH3 is 2. The summed E-state index contributed by atoms with van der Waals surface area (Å²) < 4.78 is 39.1. The molecule has 1 atom stereocenters. The zero-order chi connectivity index (χ0) is 37.3. The summed E-state index contributed by atoms with van der Waals surface area (Å²) in [5, 5.41) is 0. The van der Waals surface area contributed by atoms with E-state index in [2.05, 4.69) is 0 Å². The minimum atomic E-state index is -1.48. The summed E-state index contributed by atoms with van der Waals surface area (Å²) in [6.07, 6.45) is -0.756. The van der Waals surface area contributed by atoms with Crippen LogP contribution in [0.4, 0.5) is 0 Å². The summed E-state index contributed by atoms with van der Waals surface area (Å²) in [5.41, 5.74) is -2.71. The number of carbonyl (C=O) groups excluding carboxylic acids is 6. The third kappa shape index (κ3) is 7.73. The average Bonchev–Trinajstić information content (AvgIpc) is 3.46. The lowest BCUT2D eigenvalue weighted by Gasteiger charge is -2.28. The normalized spacial score (nSPS) is 15.8. The molecule has 0 spiro atoms.